The van der Waals surface area contributed by atoms with Gasteiger partial charge in [-0.25, -0.2) is 4.98 Å². The van der Waals surface area contributed by atoms with Gasteiger partial charge in [0.25, 0.3) is 5.56 Å². The molecule has 0 aliphatic carbocycles. The number of aryl methyl sites for hydroxylation is 2. The maximum Gasteiger partial charge on any atom is 0.261 e. The SMILES string of the molecule is Cc1cccc2c(=O)n(CCC(=O)N3CCNCC3C)cnc12. The van der Waals surface area contributed by atoms with Gasteiger partial charge in [0.1, 0.15) is 0 Å². The van der Waals surface area contributed by atoms with Crippen LogP contribution in [-0.2, 0) is 11.3 Å². The molecule has 1 aromatic carbocycles. The highest BCUT2D eigenvalue weighted by atomic mass is 16.2. The fraction of sp³-hybridized carbons (Fsp3) is 0.471. The van der Waals surface area contributed by atoms with Gasteiger partial charge in [-0.15, -0.1) is 0 Å². The zero-order valence-electron chi connectivity index (χ0n) is 13.6. The van der Waals surface area contributed by atoms with Crippen LogP contribution < -0.4 is 10.9 Å². The van der Waals surface area contributed by atoms with Crippen molar-refractivity contribution in [2.45, 2.75) is 32.9 Å². The molecule has 1 N–H and O–H groups in total. The number of piperazine rings is 1. The molecule has 1 atom stereocenters. The Morgan fingerprint density at radius 2 is 2.26 bits per heavy atom. The molecule has 0 radical (unpaired) electrons. The smallest absolute Gasteiger partial charge is 0.261 e. The summed E-state index contributed by atoms with van der Waals surface area (Å²) in [4.78, 5) is 31.2. The van der Waals surface area contributed by atoms with Gasteiger partial charge in [-0.05, 0) is 25.5 Å². The summed E-state index contributed by atoms with van der Waals surface area (Å²) in [5, 5.41) is 3.88. The Bertz CT molecular complexity index is 784. The summed E-state index contributed by atoms with van der Waals surface area (Å²) in [5.41, 5.74) is 1.63. The third-order valence-corrected chi connectivity index (χ3v) is 4.44. The number of nitrogens with one attached hydrogen (secondary N) is 1. The van der Waals surface area contributed by atoms with Crippen molar-refractivity contribution in [3.8, 4) is 0 Å². The fourth-order valence-corrected chi connectivity index (χ4v) is 3.07. The fourth-order valence-electron chi connectivity index (χ4n) is 3.07. The van der Waals surface area contributed by atoms with E-state index in [0.717, 1.165) is 30.7 Å². The Labute approximate surface area is 135 Å². The van der Waals surface area contributed by atoms with Crippen molar-refractivity contribution in [3.05, 3.63) is 40.4 Å². The molecule has 1 aliphatic rings. The van der Waals surface area contributed by atoms with Gasteiger partial charge >= 0.3 is 0 Å². The van der Waals surface area contributed by atoms with E-state index >= 15 is 0 Å². The van der Waals surface area contributed by atoms with Crippen LogP contribution in [0.3, 0.4) is 0 Å². The Morgan fingerprint density at radius 3 is 3.04 bits per heavy atom. The van der Waals surface area contributed by atoms with E-state index in [0.29, 0.717) is 18.4 Å². The lowest BCUT2D eigenvalue weighted by atomic mass is 10.1. The Balaban J connectivity index is 1.76. The van der Waals surface area contributed by atoms with E-state index in [4.69, 9.17) is 0 Å². The maximum atomic E-state index is 12.5. The van der Waals surface area contributed by atoms with Crippen molar-refractivity contribution >= 4 is 16.8 Å². The summed E-state index contributed by atoms with van der Waals surface area (Å²) in [6.45, 7) is 6.72. The molecule has 1 unspecified atom stereocenters. The number of hydrogen-bond acceptors (Lipinski definition) is 4. The number of hydrogen-bond donors (Lipinski definition) is 1. The number of amides is 1. The number of aromatic nitrogens is 2. The highest BCUT2D eigenvalue weighted by Crippen LogP contribution is 2.11. The monoisotopic (exact) mass is 314 g/mol. The first kappa shape index (κ1) is 15.7. The van der Waals surface area contributed by atoms with Gasteiger partial charge in [0, 0.05) is 38.6 Å². The quantitative estimate of drug-likeness (QED) is 0.915. The first-order valence-corrected chi connectivity index (χ1v) is 8.03. The van der Waals surface area contributed by atoms with Crippen molar-refractivity contribution in [2.75, 3.05) is 19.6 Å². The highest BCUT2D eigenvalue weighted by Gasteiger charge is 2.22. The molecule has 6 heteroatoms. The van der Waals surface area contributed by atoms with Crippen LogP contribution in [0.15, 0.2) is 29.3 Å². The predicted molar refractivity (Wildman–Crippen MR) is 89.4 cm³/mol. The first-order chi connectivity index (χ1) is 11.1. The maximum absolute atomic E-state index is 12.5. The van der Waals surface area contributed by atoms with Gasteiger partial charge in [0.15, 0.2) is 0 Å². The molecular weight excluding hydrogens is 292 g/mol. The Kier molecular flexibility index (Phi) is 4.43. The normalized spacial score (nSPS) is 18.3. The molecule has 6 nitrogen and oxygen atoms in total. The van der Waals surface area contributed by atoms with Crippen LogP contribution in [-0.4, -0.2) is 46.0 Å². The zero-order chi connectivity index (χ0) is 16.4. The van der Waals surface area contributed by atoms with Crippen LogP contribution in [0.25, 0.3) is 10.9 Å². The third kappa shape index (κ3) is 3.12. The molecule has 0 saturated carbocycles. The van der Waals surface area contributed by atoms with Gasteiger partial charge in [-0.1, -0.05) is 12.1 Å². The van der Waals surface area contributed by atoms with Crippen LogP contribution in [0, 0.1) is 6.92 Å². The van der Waals surface area contributed by atoms with Crippen molar-refractivity contribution in [3.63, 3.8) is 0 Å². The van der Waals surface area contributed by atoms with Crippen molar-refractivity contribution < 1.29 is 4.79 Å². The molecule has 122 valence electrons. The zero-order valence-corrected chi connectivity index (χ0v) is 13.6. The summed E-state index contributed by atoms with van der Waals surface area (Å²) >= 11 is 0. The topological polar surface area (TPSA) is 67.2 Å². The molecule has 23 heavy (non-hydrogen) atoms. The van der Waals surface area contributed by atoms with Gasteiger partial charge in [0.05, 0.1) is 17.2 Å². The molecule has 3 rings (SSSR count). The Hall–Kier alpha value is -2.21. The van der Waals surface area contributed by atoms with E-state index in [1.54, 1.807) is 12.4 Å². The Morgan fingerprint density at radius 1 is 1.43 bits per heavy atom. The minimum atomic E-state index is -0.0835. The minimum absolute atomic E-state index is 0.0835. The second-order valence-corrected chi connectivity index (χ2v) is 6.10. The summed E-state index contributed by atoms with van der Waals surface area (Å²) in [6.07, 6.45) is 1.87. The molecule has 1 fully saturated rings. The molecule has 1 saturated heterocycles. The summed E-state index contributed by atoms with van der Waals surface area (Å²) in [6, 6.07) is 5.78. The minimum Gasteiger partial charge on any atom is -0.337 e. The van der Waals surface area contributed by atoms with E-state index in [2.05, 4.69) is 10.3 Å². The van der Waals surface area contributed by atoms with Gasteiger partial charge < -0.3 is 10.2 Å². The number of para-hydroxylation sites is 1. The van der Waals surface area contributed by atoms with Crippen LogP contribution in [0.1, 0.15) is 18.9 Å². The van der Waals surface area contributed by atoms with Gasteiger partial charge in [-0.3, -0.25) is 14.2 Å². The predicted octanol–water partition coefficient (Wildman–Crippen LogP) is 0.915. The average molecular weight is 314 g/mol. The first-order valence-electron chi connectivity index (χ1n) is 8.03. The number of carbonyl (C=O) groups is 1. The molecule has 0 spiro atoms. The van der Waals surface area contributed by atoms with E-state index < -0.39 is 0 Å². The van der Waals surface area contributed by atoms with E-state index in [-0.39, 0.29) is 17.5 Å². The lowest BCUT2D eigenvalue weighted by molar-refractivity contribution is -0.134. The van der Waals surface area contributed by atoms with Crippen LogP contribution in [0.5, 0.6) is 0 Å². The summed E-state index contributed by atoms with van der Waals surface area (Å²) < 4.78 is 1.53. The van der Waals surface area contributed by atoms with Crippen LogP contribution in [0.4, 0.5) is 0 Å². The number of nitrogens with zero attached hydrogens (tertiary/aromatic N) is 3. The van der Waals surface area contributed by atoms with E-state index in [1.807, 2.05) is 30.9 Å². The number of carbonyl (C=O) groups excluding carboxylic acids is 1. The van der Waals surface area contributed by atoms with Crippen molar-refractivity contribution in [1.29, 1.82) is 0 Å². The highest BCUT2D eigenvalue weighted by molar-refractivity contribution is 5.80. The second kappa shape index (κ2) is 6.50. The van der Waals surface area contributed by atoms with Crippen molar-refractivity contribution in [2.24, 2.45) is 0 Å². The molecule has 2 aromatic rings. The van der Waals surface area contributed by atoms with E-state index in [9.17, 15) is 9.59 Å². The molecule has 1 amide bonds. The number of benzene rings is 1. The second-order valence-electron chi connectivity index (χ2n) is 6.10. The molecular formula is C17H22N4O2. The molecule has 1 aromatic heterocycles. The van der Waals surface area contributed by atoms with Crippen LogP contribution in [0.2, 0.25) is 0 Å². The van der Waals surface area contributed by atoms with Gasteiger partial charge in [-0.2, -0.15) is 0 Å². The molecule has 1 aliphatic heterocycles. The summed E-state index contributed by atoms with van der Waals surface area (Å²) in [7, 11) is 0. The number of fused-ring (bicyclic) bond motifs is 1. The lowest BCUT2D eigenvalue weighted by Gasteiger charge is -2.34. The van der Waals surface area contributed by atoms with E-state index in [1.165, 1.54) is 4.57 Å². The van der Waals surface area contributed by atoms with Gasteiger partial charge in [0.2, 0.25) is 5.91 Å². The summed E-state index contributed by atoms with van der Waals surface area (Å²) in [5.74, 6) is 0.0928. The third-order valence-electron chi connectivity index (χ3n) is 4.44. The molecule has 2 heterocycles. The average Bonchev–Trinajstić information content (AvgIpc) is 2.55. The van der Waals surface area contributed by atoms with Crippen molar-refractivity contribution in [1.82, 2.24) is 19.8 Å². The largest absolute Gasteiger partial charge is 0.337 e. The lowest BCUT2D eigenvalue weighted by Crippen LogP contribution is -2.52. The number of rotatable bonds is 3. The van der Waals surface area contributed by atoms with Crippen LogP contribution >= 0.6 is 0 Å². The molecule has 0 bridgehead atoms. The standard InChI is InChI=1S/C17H22N4O2/c1-12-4-3-5-14-16(12)19-11-20(17(14)23)8-6-15(22)21-9-7-18-10-13(21)2/h3-5,11,13,18H,6-10H2,1-2H3.